The normalized spacial score (nSPS) is 24.5. The van der Waals surface area contributed by atoms with Gasteiger partial charge in [0, 0.05) is 25.2 Å². The highest BCUT2D eigenvalue weighted by molar-refractivity contribution is 5.81. The highest BCUT2D eigenvalue weighted by atomic mass is 16.6. The van der Waals surface area contributed by atoms with Crippen LogP contribution >= 0.6 is 0 Å². The van der Waals surface area contributed by atoms with Crippen molar-refractivity contribution in [3.05, 3.63) is 33.1 Å². The second-order valence-corrected chi connectivity index (χ2v) is 8.52. The maximum Gasteiger partial charge on any atom is 0.330 e. The first kappa shape index (κ1) is 26.7. The fourth-order valence-electron chi connectivity index (χ4n) is 3.61. The highest BCUT2D eigenvalue weighted by Crippen LogP contribution is 2.30. The molecule has 1 amide bonds. The van der Waals surface area contributed by atoms with Crippen molar-refractivity contribution in [3.63, 3.8) is 0 Å². The monoisotopic (exact) mass is 471 g/mol. The Morgan fingerprint density at radius 3 is 2.55 bits per heavy atom. The van der Waals surface area contributed by atoms with E-state index in [-0.39, 0.29) is 24.8 Å². The third kappa shape index (κ3) is 7.47. The number of hydrogen-bond donors (Lipinski definition) is 7. The van der Waals surface area contributed by atoms with Crippen molar-refractivity contribution in [1.29, 1.82) is 0 Å². The van der Waals surface area contributed by atoms with Crippen molar-refractivity contribution in [1.82, 2.24) is 20.2 Å². The molecule has 1 fully saturated rings. The molecule has 8 N–H and O–H groups in total. The fourth-order valence-corrected chi connectivity index (χ4v) is 3.61. The second kappa shape index (κ2) is 12.0. The van der Waals surface area contributed by atoms with Gasteiger partial charge in [-0.25, -0.2) is 4.79 Å². The lowest BCUT2D eigenvalue weighted by Crippen LogP contribution is -2.44. The zero-order valence-electron chi connectivity index (χ0n) is 18.6. The number of nitrogens with two attached hydrogens (primary N) is 1. The molecule has 2 heterocycles. The number of carboxylic acids is 1. The van der Waals surface area contributed by atoms with E-state index in [4.69, 9.17) is 10.5 Å². The Bertz CT molecular complexity index is 916. The topological polar surface area (TPSA) is 209 Å². The van der Waals surface area contributed by atoms with Crippen LogP contribution in [0.25, 0.3) is 0 Å². The zero-order valence-corrected chi connectivity index (χ0v) is 18.6. The number of rotatable bonds is 12. The number of H-pyrrole nitrogens is 1. The molecular weight excluding hydrogens is 438 g/mol. The van der Waals surface area contributed by atoms with E-state index in [1.807, 2.05) is 18.8 Å². The number of carboxylic acid groups (broad SMARTS) is 1. The molecule has 1 aromatic heterocycles. The molecule has 0 bridgehead atoms. The van der Waals surface area contributed by atoms with Crippen LogP contribution in [-0.2, 0) is 14.3 Å². The van der Waals surface area contributed by atoms with Gasteiger partial charge in [-0.1, -0.05) is 13.8 Å². The van der Waals surface area contributed by atoms with Crippen molar-refractivity contribution >= 4 is 11.9 Å². The molecule has 1 aromatic rings. The van der Waals surface area contributed by atoms with E-state index in [9.17, 15) is 34.5 Å². The summed E-state index contributed by atoms with van der Waals surface area (Å²) in [5.41, 5.74) is 4.34. The van der Waals surface area contributed by atoms with Crippen molar-refractivity contribution in [2.75, 3.05) is 13.1 Å². The van der Waals surface area contributed by atoms with E-state index in [1.54, 1.807) is 0 Å². The number of carbonyl (C=O) groups is 2. The van der Waals surface area contributed by atoms with Gasteiger partial charge < -0.3 is 36.4 Å². The van der Waals surface area contributed by atoms with Crippen LogP contribution in [-0.4, -0.2) is 80.2 Å². The third-order valence-corrected chi connectivity index (χ3v) is 5.33. The number of nitrogens with one attached hydrogen (secondary N) is 3. The molecule has 0 spiro atoms. The van der Waals surface area contributed by atoms with Gasteiger partial charge in [0.2, 0.25) is 5.91 Å². The Morgan fingerprint density at radius 1 is 1.24 bits per heavy atom. The molecule has 0 saturated carbocycles. The summed E-state index contributed by atoms with van der Waals surface area (Å²) in [4.78, 5) is 48.7. The second-order valence-electron chi connectivity index (χ2n) is 8.52. The van der Waals surface area contributed by atoms with E-state index >= 15 is 0 Å². The van der Waals surface area contributed by atoms with Gasteiger partial charge in [0.15, 0.2) is 6.23 Å². The molecule has 13 heteroatoms. The summed E-state index contributed by atoms with van der Waals surface area (Å²) in [7, 11) is 0. The van der Waals surface area contributed by atoms with Crippen LogP contribution in [0.5, 0.6) is 0 Å². The molecule has 1 aliphatic rings. The summed E-state index contributed by atoms with van der Waals surface area (Å²) >= 11 is 0. The van der Waals surface area contributed by atoms with E-state index < -0.39 is 53.8 Å². The molecule has 0 aromatic carbocycles. The van der Waals surface area contributed by atoms with E-state index in [1.165, 1.54) is 0 Å². The van der Waals surface area contributed by atoms with Crippen LogP contribution in [0.3, 0.4) is 0 Å². The van der Waals surface area contributed by atoms with E-state index in [2.05, 4.69) is 10.6 Å². The van der Waals surface area contributed by atoms with Crippen LogP contribution in [0.4, 0.5) is 0 Å². The number of aliphatic carboxylic acids is 1. The number of aromatic amines is 1. The number of aliphatic hydroxyl groups is 2. The molecule has 2 rings (SSSR count). The Hall–Kier alpha value is -2.58. The van der Waals surface area contributed by atoms with Crippen LogP contribution < -0.4 is 27.6 Å². The fraction of sp³-hybridized carbons (Fsp3) is 0.700. The molecule has 0 radical (unpaired) electrons. The Labute approximate surface area is 189 Å². The summed E-state index contributed by atoms with van der Waals surface area (Å²) < 4.78 is 6.48. The first-order valence-electron chi connectivity index (χ1n) is 10.8. The summed E-state index contributed by atoms with van der Waals surface area (Å²) in [6.07, 6.45) is -3.37. The number of ether oxygens (including phenoxy) is 1. The lowest BCUT2D eigenvalue weighted by Gasteiger charge is -2.21. The minimum Gasteiger partial charge on any atom is -0.480 e. The number of aliphatic hydroxyl groups excluding tert-OH is 2. The van der Waals surface area contributed by atoms with Gasteiger partial charge in [-0.05, 0) is 25.3 Å². The maximum atomic E-state index is 12.0. The Balaban J connectivity index is 1.86. The number of nitrogens with zero attached hydrogens (tertiary/aromatic N) is 1. The van der Waals surface area contributed by atoms with Crippen molar-refractivity contribution in [3.8, 4) is 0 Å². The molecule has 0 unspecified atom stereocenters. The average Bonchev–Trinajstić information content (AvgIpc) is 3.00. The van der Waals surface area contributed by atoms with Gasteiger partial charge in [0.05, 0.1) is 12.1 Å². The SMILES string of the molecule is CC(C)C[C@H](N)C(=O)NCCCN[C@H](C[C@H]1O[C@@H](n2ccc(=O)[nH]c2=O)[C@H](O)[C@@H]1O)C(=O)O. The lowest BCUT2D eigenvalue weighted by molar-refractivity contribution is -0.141. The Morgan fingerprint density at radius 2 is 1.94 bits per heavy atom. The van der Waals surface area contributed by atoms with E-state index in [0.29, 0.717) is 19.4 Å². The molecule has 6 atom stereocenters. The predicted molar refractivity (Wildman–Crippen MR) is 116 cm³/mol. The van der Waals surface area contributed by atoms with Gasteiger partial charge in [-0.3, -0.25) is 23.9 Å². The van der Waals surface area contributed by atoms with Crippen molar-refractivity contribution in [2.24, 2.45) is 11.7 Å². The minimum atomic E-state index is -1.50. The molecular formula is C20H33N5O8. The smallest absolute Gasteiger partial charge is 0.330 e. The molecule has 1 aliphatic heterocycles. The standard InChI is InChI=1S/C20H33N5O8/c1-10(2)8-11(21)17(29)23-6-3-5-22-12(19(30)31)9-13-15(27)16(28)18(33-13)25-7-4-14(26)24-20(25)32/h4,7,10-13,15-16,18,22,27-28H,3,5-6,8-9,21H2,1-2H3,(H,23,29)(H,30,31)(H,24,26,32)/t11-,12+,13+,15+,16+,18+/m0/s1. The van der Waals surface area contributed by atoms with Gasteiger partial charge in [0.1, 0.15) is 18.2 Å². The number of amides is 1. The van der Waals surface area contributed by atoms with Crippen LogP contribution in [0.2, 0.25) is 0 Å². The van der Waals surface area contributed by atoms with Crippen LogP contribution in [0.15, 0.2) is 21.9 Å². The first-order chi connectivity index (χ1) is 15.5. The van der Waals surface area contributed by atoms with Gasteiger partial charge in [-0.15, -0.1) is 0 Å². The highest BCUT2D eigenvalue weighted by Gasteiger charge is 2.45. The lowest BCUT2D eigenvalue weighted by atomic mass is 10.0. The Kier molecular flexibility index (Phi) is 9.73. The van der Waals surface area contributed by atoms with Crippen LogP contribution in [0.1, 0.15) is 39.3 Å². The van der Waals surface area contributed by atoms with Gasteiger partial charge >= 0.3 is 11.7 Å². The van der Waals surface area contributed by atoms with Crippen molar-refractivity contribution in [2.45, 2.75) is 69.7 Å². The van der Waals surface area contributed by atoms with Gasteiger partial charge in [0.25, 0.3) is 5.56 Å². The number of carbonyl (C=O) groups excluding carboxylic acids is 1. The minimum absolute atomic E-state index is 0.187. The molecule has 13 nitrogen and oxygen atoms in total. The quantitative estimate of drug-likeness (QED) is 0.159. The number of hydrogen-bond acceptors (Lipinski definition) is 9. The van der Waals surface area contributed by atoms with Crippen LogP contribution in [0, 0.1) is 5.92 Å². The first-order valence-corrected chi connectivity index (χ1v) is 10.8. The van der Waals surface area contributed by atoms with Gasteiger partial charge in [-0.2, -0.15) is 0 Å². The molecule has 186 valence electrons. The summed E-state index contributed by atoms with van der Waals surface area (Å²) in [6, 6.07) is -0.644. The van der Waals surface area contributed by atoms with Crippen molar-refractivity contribution < 1.29 is 29.6 Å². The maximum absolute atomic E-state index is 12.0. The third-order valence-electron chi connectivity index (χ3n) is 5.33. The summed E-state index contributed by atoms with van der Waals surface area (Å²) in [5.74, 6) is -1.16. The van der Waals surface area contributed by atoms with E-state index in [0.717, 1.165) is 16.8 Å². The summed E-state index contributed by atoms with van der Waals surface area (Å²) in [5, 5.41) is 35.6. The molecule has 0 aliphatic carbocycles. The zero-order chi connectivity index (χ0) is 24.7. The molecule has 1 saturated heterocycles. The average molecular weight is 472 g/mol. The summed E-state index contributed by atoms with van der Waals surface area (Å²) in [6.45, 7) is 4.50. The predicted octanol–water partition coefficient (Wildman–Crippen LogP) is -2.53. The number of aromatic nitrogens is 2. The molecule has 33 heavy (non-hydrogen) atoms. The largest absolute Gasteiger partial charge is 0.480 e.